The number of hydrogen-bond donors (Lipinski definition) is 2. The second kappa shape index (κ2) is 8.95. The second-order valence-corrected chi connectivity index (χ2v) is 5.09. The quantitative estimate of drug-likeness (QED) is 0.463. The molecule has 0 spiro atoms. The van der Waals surface area contributed by atoms with Gasteiger partial charge in [0.1, 0.15) is 6.04 Å². The highest BCUT2D eigenvalue weighted by Gasteiger charge is 2.28. The fourth-order valence-electron chi connectivity index (χ4n) is 2.09. The minimum atomic E-state index is -0.272. The normalized spacial score (nSPS) is 18.1. The molecular formula is C14H26N2O2. The number of carbonyl (C=O) groups excluding carboxylic acids is 2. The van der Waals surface area contributed by atoms with Crippen molar-refractivity contribution < 1.29 is 9.59 Å². The summed E-state index contributed by atoms with van der Waals surface area (Å²) in [7, 11) is 0. The molecule has 0 aromatic rings. The summed E-state index contributed by atoms with van der Waals surface area (Å²) in [4.78, 5) is 22.4. The zero-order valence-electron chi connectivity index (χ0n) is 11.5. The van der Waals surface area contributed by atoms with Crippen molar-refractivity contribution in [2.24, 2.45) is 0 Å². The molecule has 4 nitrogen and oxygen atoms in total. The van der Waals surface area contributed by atoms with Crippen LogP contribution in [0, 0.1) is 0 Å². The number of hydrogen-bond acceptors (Lipinski definition) is 2. The van der Waals surface area contributed by atoms with Crippen LogP contribution in [0.25, 0.3) is 0 Å². The zero-order chi connectivity index (χ0) is 13.2. The molecule has 0 saturated carbocycles. The zero-order valence-corrected chi connectivity index (χ0v) is 11.5. The van der Waals surface area contributed by atoms with Gasteiger partial charge in [-0.05, 0) is 6.42 Å². The highest BCUT2D eigenvalue weighted by atomic mass is 16.2. The van der Waals surface area contributed by atoms with Crippen molar-refractivity contribution >= 4 is 11.8 Å². The minimum Gasteiger partial charge on any atom is -0.352 e. The molecule has 0 aromatic carbocycles. The lowest BCUT2D eigenvalue weighted by atomic mass is 10.1. The molecule has 0 bridgehead atoms. The van der Waals surface area contributed by atoms with Gasteiger partial charge in [0.2, 0.25) is 11.8 Å². The van der Waals surface area contributed by atoms with Crippen LogP contribution in [0.5, 0.6) is 0 Å². The van der Waals surface area contributed by atoms with Crippen molar-refractivity contribution in [1.29, 1.82) is 0 Å². The molecule has 1 aliphatic heterocycles. The van der Waals surface area contributed by atoms with Crippen molar-refractivity contribution in [3.8, 4) is 0 Å². The van der Waals surface area contributed by atoms with Crippen LogP contribution in [0.15, 0.2) is 0 Å². The maximum absolute atomic E-state index is 11.5. The largest absolute Gasteiger partial charge is 0.352 e. The monoisotopic (exact) mass is 254 g/mol. The third-order valence-electron chi connectivity index (χ3n) is 3.39. The Kier molecular flexibility index (Phi) is 7.46. The van der Waals surface area contributed by atoms with Crippen LogP contribution in [0.4, 0.5) is 0 Å². The number of nitrogens with one attached hydrogen (secondary N) is 2. The maximum Gasteiger partial charge on any atom is 0.244 e. The number of β-lactam (4-membered cyclic amide) rings is 1. The second-order valence-electron chi connectivity index (χ2n) is 5.09. The summed E-state index contributed by atoms with van der Waals surface area (Å²) in [5.74, 6) is -0.0416. The fourth-order valence-corrected chi connectivity index (χ4v) is 2.09. The Hall–Kier alpha value is -1.06. The summed E-state index contributed by atoms with van der Waals surface area (Å²) in [6, 6.07) is -0.272. The third kappa shape index (κ3) is 6.03. The standard InChI is InChI=1S/C14H26N2O2/c1-2-3-4-5-6-7-8-9-10-13(17)16-12-11-15-14(12)18/h12H,2-11H2,1H3,(H,15,18)(H,16,17). The first-order chi connectivity index (χ1) is 8.74. The number of rotatable bonds is 10. The van der Waals surface area contributed by atoms with E-state index in [0.717, 1.165) is 12.8 Å². The van der Waals surface area contributed by atoms with Crippen molar-refractivity contribution in [2.45, 2.75) is 70.8 Å². The SMILES string of the molecule is CCCCCCCCCCC(=O)NC1CNC1=O. The van der Waals surface area contributed by atoms with Gasteiger partial charge in [0, 0.05) is 13.0 Å². The van der Waals surface area contributed by atoms with Gasteiger partial charge >= 0.3 is 0 Å². The van der Waals surface area contributed by atoms with Crippen LogP contribution in [-0.4, -0.2) is 24.4 Å². The predicted molar refractivity (Wildman–Crippen MR) is 72.2 cm³/mol. The van der Waals surface area contributed by atoms with Crippen molar-refractivity contribution in [3.63, 3.8) is 0 Å². The van der Waals surface area contributed by atoms with Gasteiger partial charge < -0.3 is 10.6 Å². The molecule has 2 N–H and O–H groups in total. The van der Waals surface area contributed by atoms with Crippen molar-refractivity contribution in [3.05, 3.63) is 0 Å². The molecule has 1 fully saturated rings. The molecule has 1 atom stereocenters. The van der Waals surface area contributed by atoms with Crippen LogP contribution in [0.1, 0.15) is 64.7 Å². The van der Waals surface area contributed by atoms with E-state index in [4.69, 9.17) is 0 Å². The molecule has 104 valence electrons. The Morgan fingerprint density at radius 3 is 2.28 bits per heavy atom. The lowest BCUT2D eigenvalue weighted by molar-refractivity contribution is -0.133. The van der Waals surface area contributed by atoms with E-state index in [0.29, 0.717) is 13.0 Å². The highest BCUT2D eigenvalue weighted by Crippen LogP contribution is 2.09. The Morgan fingerprint density at radius 2 is 1.78 bits per heavy atom. The van der Waals surface area contributed by atoms with Gasteiger partial charge in [-0.15, -0.1) is 0 Å². The predicted octanol–water partition coefficient (Wildman–Crippen LogP) is 2.13. The van der Waals surface area contributed by atoms with Gasteiger partial charge in [-0.1, -0.05) is 51.9 Å². The van der Waals surface area contributed by atoms with E-state index in [1.54, 1.807) is 0 Å². The molecule has 1 rings (SSSR count). The molecule has 1 saturated heterocycles. The summed E-state index contributed by atoms with van der Waals surface area (Å²) >= 11 is 0. The van der Waals surface area contributed by atoms with Gasteiger partial charge in [0.25, 0.3) is 0 Å². The van der Waals surface area contributed by atoms with E-state index in [9.17, 15) is 9.59 Å². The molecular weight excluding hydrogens is 228 g/mol. The molecule has 0 aliphatic carbocycles. The van der Waals surface area contributed by atoms with Crippen molar-refractivity contribution in [2.75, 3.05) is 6.54 Å². The van der Waals surface area contributed by atoms with E-state index in [-0.39, 0.29) is 17.9 Å². The topological polar surface area (TPSA) is 58.2 Å². The Balaban J connectivity index is 1.85. The Labute approximate surface area is 110 Å². The van der Waals surface area contributed by atoms with Gasteiger partial charge in [-0.2, -0.15) is 0 Å². The average Bonchev–Trinajstić information content (AvgIpc) is 2.37. The lowest BCUT2D eigenvalue weighted by Crippen LogP contribution is -2.61. The number of amides is 2. The third-order valence-corrected chi connectivity index (χ3v) is 3.39. The summed E-state index contributed by atoms with van der Waals surface area (Å²) < 4.78 is 0. The van der Waals surface area contributed by atoms with E-state index < -0.39 is 0 Å². The first-order valence-electron chi connectivity index (χ1n) is 7.31. The van der Waals surface area contributed by atoms with Crippen molar-refractivity contribution in [1.82, 2.24) is 10.6 Å². The summed E-state index contributed by atoms with van der Waals surface area (Å²) in [5.41, 5.74) is 0. The van der Waals surface area contributed by atoms with Crippen LogP contribution in [0.3, 0.4) is 0 Å². The number of unbranched alkanes of at least 4 members (excludes halogenated alkanes) is 7. The molecule has 4 heteroatoms. The highest BCUT2D eigenvalue weighted by molar-refractivity contribution is 5.92. The maximum atomic E-state index is 11.5. The molecule has 1 heterocycles. The molecule has 1 unspecified atom stereocenters. The Morgan fingerprint density at radius 1 is 1.17 bits per heavy atom. The summed E-state index contributed by atoms with van der Waals surface area (Å²) in [6.45, 7) is 2.81. The van der Waals surface area contributed by atoms with Gasteiger partial charge in [-0.25, -0.2) is 0 Å². The molecule has 0 radical (unpaired) electrons. The fraction of sp³-hybridized carbons (Fsp3) is 0.857. The van der Waals surface area contributed by atoms with Gasteiger partial charge in [0.15, 0.2) is 0 Å². The van der Waals surface area contributed by atoms with E-state index in [1.165, 1.54) is 38.5 Å². The first-order valence-corrected chi connectivity index (χ1v) is 7.31. The average molecular weight is 254 g/mol. The minimum absolute atomic E-state index is 0.0147. The van der Waals surface area contributed by atoms with E-state index in [1.807, 2.05) is 0 Å². The molecule has 18 heavy (non-hydrogen) atoms. The van der Waals surface area contributed by atoms with Crippen LogP contribution in [-0.2, 0) is 9.59 Å². The summed E-state index contributed by atoms with van der Waals surface area (Å²) in [5, 5.41) is 5.34. The van der Waals surface area contributed by atoms with Crippen LogP contribution in [0.2, 0.25) is 0 Å². The number of carbonyl (C=O) groups is 2. The first kappa shape index (κ1) is 15.0. The summed E-state index contributed by atoms with van der Waals surface area (Å²) in [6.07, 6.45) is 10.4. The molecule has 0 aromatic heterocycles. The van der Waals surface area contributed by atoms with Gasteiger partial charge in [-0.3, -0.25) is 9.59 Å². The van der Waals surface area contributed by atoms with Crippen LogP contribution >= 0.6 is 0 Å². The van der Waals surface area contributed by atoms with E-state index in [2.05, 4.69) is 17.6 Å². The van der Waals surface area contributed by atoms with Crippen LogP contribution < -0.4 is 10.6 Å². The van der Waals surface area contributed by atoms with Gasteiger partial charge in [0.05, 0.1) is 0 Å². The molecule has 1 aliphatic rings. The lowest BCUT2D eigenvalue weighted by Gasteiger charge is -2.26. The van der Waals surface area contributed by atoms with E-state index >= 15 is 0 Å². The Bertz CT molecular complexity index is 267. The smallest absolute Gasteiger partial charge is 0.244 e. The molecule has 2 amide bonds.